The average molecular weight is 281 g/mol. The van der Waals surface area contributed by atoms with Crippen molar-refractivity contribution in [3.63, 3.8) is 0 Å². The molecule has 1 heterocycles. The topological polar surface area (TPSA) is 50.7 Å². The summed E-state index contributed by atoms with van der Waals surface area (Å²) in [4.78, 5) is 0. The number of dihydropyridines is 1. The molecule has 6 heteroatoms. The third-order valence-corrected chi connectivity index (χ3v) is 3.01. The van der Waals surface area contributed by atoms with Crippen LogP contribution in [0.1, 0.15) is 5.56 Å². The van der Waals surface area contributed by atoms with Gasteiger partial charge in [-0.25, -0.2) is 0 Å². The predicted octanol–water partition coefficient (Wildman–Crippen LogP) is 1.70. The quantitative estimate of drug-likeness (QED) is 0.779. The van der Waals surface area contributed by atoms with Gasteiger partial charge in [-0.1, -0.05) is 23.7 Å². The van der Waals surface area contributed by atoms with Crippen molar-refractivity contribution in [2.45, 2.75) is 0 Å². The summed E-state index contributed by atoms with van der Waals surface area (Å²) >= 11 is 0. The van der Waals surface area contributed by atoms with E-state index in [2.05, 4.69) is 17.5 Å². The van der Waals surface area contributed by atoms with Gasteiger partial charge in [0.25, 0.3) is 0 Å². The zero-order chi connectivity index (χ0) is 15.1. The van der Waals surface area contributed by atoms with Gasteiger partial charge < -0.3 is 19.9 Å². The maximum absolute atomic E-state index is 9.84. The van der Waals surface area contributed by atoms with Crippen LogP contribution in [0.4, 0.5) is 0 Å². The predicted molar refractivity (Wildman–Crippen MR) is 87.0 cm³/mol. The molecule has 0 spiro atoms. The summed E-state index contributed by atoms with van der Waals surface area (Å²) in [7, 11) is 6.98. The number of ether oxygens (including phenoxy) is 2. The lowest BCUT2D eigenvalue weighted by atomic mass is 9.36. The van der Waals surface area contributed by atoms with Gasteiger partial charge in [-0.3, -0.25) is 0 Å². The van der Waals surface area contributed by atoms with Gasteiger partial charge in [-0.05, 0) is 23.9 Å². The first kappa shape index (κ1) is 15.2. The highest BCUT2D eigenvalue weighted by atomic mass is 16.5. The van der Waals surface area contributed by atoms with Gasteiger partial charge >= 0.3 is 0 Å². The zero-order valence-electron chi connectivity index (χ0n) is 12.2. The zero-order valence-corrected chi connectivity index (χ0v) is 12.2. The fraction of sp³-hybridized carbons (Fsp3) is 0.200. The van der Waals surface area contributed by atoms with Crippen molar-refractivity contribution in [1.82, 2.24) is 5.32 Å². The summed E-state index contributed by atoms with van der Waals surface area (Å²) in [6.45, 7) is 0.875. The standard InChI is InChI=1S/C15H17B2NO3/c1-20-13-8-11(9-14(21-2)15(13)19)5-6-16-17-12-4-3-7-18-10-12/h3-6,8-10,18-19H,7H2,1-2H3/b6-5+. The van der Waals surface area contributed by atoms with Crippen molar-refractivity contribution in [3.8, 4) is 17.2 Å². The number of benzene rings is 1. The first-order valence-electron chi connectivity index (χ1n) is 6.64. The van der Waals surface area contributed by atoms with Gasteiger partial charge in [0.2, 0.25) is 5.75 Å². The molecule has 2 N–H and O–H groups in total. The number of phenols is 1. The maximum Gasteiger partial charge on any atom is 0.200 e. The molecule has 0 aromatic heterocycles. The first-order chi connectivity index (χ1) is 10.2. The van der Waals surface area contributed by atoms with E-state index in [-0.39, 0.29) is 5.75 Å². The van der Waals surface area contributed by atoms with Crippen molar-refractivity contribution in [2.24, 2.45) is 0 Å². The second-order valence-electron chi connectivity index (χ2n) is 4.45. The lowest BCUT2D eigenvalue weighted by molar-refractivity contribution is 0.340. The smallest absolute Gasteiger partial charge is 0.200 e. The fourth-order valence-corrected chi connectivity index (χ4v) is 1.93. The second kappa shape index (κ2) is 7.53. The first-order valence-corrected chi connectivity index (χ1v) is 6.64. The Morgan fingerprint density at radius 1 is 1.24 bits per heavy atom. The van der Waals surface area contributed by atoms with Crippen LogP contribution >= 0.6 is 0 Å². The Kier molecular flexibility index (Phi) is 5.43. The lowest BCUT2D eigenvalue weighted by Gasteiger charge is -2.09. The molecule has 106 valence electrons. The Hall–Kier alpha value is -2.23. The molecule has 1 aromatic carbocycles. The SMILES string of the molecule is COc1cc(/C=C/[B][B]C2=CNCC=C2)cc(OC)c1O. The van der Waals surface area contributed by atoms with Gasteiger partial charge in [0.15, 0.2) is 11.5 Å². The van der Waals surface area contributed by atoms with Crippen LogP contribution < -0.4 is 14.8 Å². The molecule has 0 aliphatic carbocycles. The average Bonchev–Trinajstić information content (AvgIpc) is 2.53. The number of aromatic hydroxyl groups is 1. The van der Waals surface area contributed by atoms with Crippen LogP contribution in [-0.2, 0) is 0 Å². The van der Waals surface area contributed by atoms with Crippen LogP contribution in [0.15, 0.2) is 41.9 Å². The van der Waals surface area contributed by atoms with Crippen LogP contribution in [-0.4, -0.2) is 40.2 Å². The van der Waals surface area contributed by atoms with E-state index >= 15 is 0 Å². The van der Waals surface area contributed by atoms with Crippen molar-refractivity contribution in [1.29, 1.82) is 0 Å². The van der Waals surface area contributed by atoms with E-state index in [0.717, 1.165) is 17.6 Å². The molecular formula is C15H17B2NO3. The van der Waals surface area contributed by atoms with E-state index in [9.17, 15) is 5.11 Å². The van der Waals surface area contributed by atoms with Crippen LogP contribution in [0.2, 0.25) is 0 Å². The lowest BCUT2D eigenvalue weighted by Crippen LogP contribution is -2.14. The molecule has 0 saturated heterocycles. The van der Waals surface area contributed by atoms with Crippen molar-refractivity contribution in [3.05, 3.63) is 47.5 Å². The van der Waals surface area contributed by atoms with E-state index in [1.807, 2.05) is 32.6 Å². The molecule has 21 heavy (non-hydrogen) atoms. The molecule has 0 saturated carbocycles. The van der Waals surface area contributed by atoms with Crippen LogP contribution in [0.5, 0.6) is 17.2 Å². The Bertz CT molecular complexity index is 557. The molecule has 1 aromatic rings. The highest BCUT2D eigenvalue weighted by molar-refractivity contribution is 7.07. The van der Waals surface area contributed by atoms with Gasteiger partial charge in [-0.2, -0.15) is 0 Å². The van der Waals surface area contributed by atoms with Crippen LogP contribution in [0.3, 0.4) is 0 Å². The molecular weight excluding hydrogens is 264 g/mol. The van der Waals surface area contributed by atoms with Gasteiger partial charge in [-0.15, -0.1) is 5.98 Å². The molecule has 0 bridgehead atoms. The molecule has 1 aliphatic rings. The molecule has 0 atom stereocenters. The minimum absolute atomic E-state index is 0.0104. The Morgan fingerprint density at radius 2 is 1.95 bits per heavy atom. The van der Waals surface area contributed by atoms with Crippen molar-refractivity contribution in [2.75, 3.05) is 20.8 Å². The third kappa shape index (κ3) is 4.12. The maximum atomic E-state index is 9.84. The molecule has 0 fully saturated rings. The number of rotatable bonds is 6. The molecule has 4 nitrogen and oxygen atoms in total. The number of methoxy groups -OCH3 is 2. The summed E-state index contributed by atoms with van der Waals surface area (Å²) in [6, 6.07) is 3.51. The number of phenolic OH excluding ortho intramolecular Hbond substituents is 1. The summed E-state index contributed by atoms with van der Waals surface area (Å²) < 4.78 is 10.2. The van der Waals surface area contributed by atoms with Crippen molar-refractivity contribution < 1.29 is 14.6 Å². The monoisotopic (exact) mass is 281 g/mol. The Balaban J connectivity index is 2.00. The van der Waals surface area contributed by atoms with Crippen molar-refractivity contribution >= 4 is 20.4 Å². The minimum atomic E-state index is 0.0104. The minimum Gasteiger partial charge on any atom is -0.502 e. The highest BCUT2D eigenvalue weighted by Crippen LogP contribution is 2.37. The molecule has 0 unspecified atom stereocenters. The van der Waals surface area contributed by atoms with E-state index in [1.165, 1.54) is 14.2 Å². The van der Waals surface area contributed by atoms with E-state index < -0.39 is 0 Å². The number of nitrogens with one attached hydrogen (secondary N) is 1. The van der Waals surface area contributed by atoms with Crippen LogP contribution in [0, 0.1) is 0 Å². The number of allylic oxidation sites excluding steroid dienone is 2. The van der Waals surface area contributed by atoms with Gasteiger partial charge in [0.05, 0.1) is 14.2 Å². The summed E-state index contributed by atoms with van der Waals surface area (Å²) in [6.07, 6.45) is 8.02. The summed E-state index contributed by atoms with van der Waals surface area (Å²) in [5.74, 6) is 2.71. The van der Waals surface area contributed by atoms with Crippen LogP contribution in [0.25, 0.3) is 6.08 Å². The number of hydrogen-bond donors (Lipinski definition) is 2. The molecule has 2 radical (unpaired) electrons. The summed E-state index contributed by atoms with van der Waals surface area (Å²) in [5, 5.41) is 13.0. The number of hydrogen-bond acceptors (Lipinski definition) is 4. The van der Waals surface area contributed by atoms with Gasteiger partial charge in [0, 0.05) is 6.54 Å². The third-order valence-electron chi connectivity index (χ3n) is 3.01. The molecule has 2 rings (SSSR count). The van der Waals surface area contributed by atoms with E-state index in [0.29, 0.717) is 11.5 Å². The van der Waals surface area contributed by atoms with E-state index in [1.54, 1.807) is 12.1 Å². The Labute approximate surface area is 126 Å². The largest absolute Gasteiger partial charge is 0.502 e. The second-order valence-corrected chi connectivity index (χ2v) is 4.45. The fourth-order valence-electron chi connectivity index (χ4n) is 1.93. The highest BCUT2D eigenvalue weighted by Gasteiger charge is 2.09. The molecule has 1 aliphatic heterocycles. The van der Waals surface area contributed by atoms with Gasteiger partial charge in [0.1, 0.15) is 14.3 Å². The van der Waals surface area contributed by atoms with E-state index in [4.69, 9.17) is 9.47 Å². The summed E-state index contributed by atoms with van der Waals surface area (Å²) in [5.41, 5.74) is 2.00. The Morgan fingerprint density at radius 3 is 2.52 bits per heavy atom. The molecule has 0 amide bonds. The normalized spacial score (nSPS) is 13.5.